The van der Waals surface area contributed by atoms with Gasteiger partial charge in [0.2, 0.25) is 0 Å². The van der Waals surface area contributed by atoms with E-state index >= 15 is 0 Å². The zero-order valence-corrected chi connectivity index (χ0v) is 13.4. The van der Waals surface area contributed by atoms with E-state index in [2.05, 4.69) is 4.99 Å². The molecule has 0 atom stereocenters. The summed E-state index contributed by atoms with van der Waals surface area (Å²) in [6.45, 7) is 1.05. The molecule has 0 aliphatic carbocycles. The molecule has 0 unspecified atom stereocenters. The first-order chi connectivity index (χ1) is 9.24. The third-order valence-corrected chi connectivity index (χ3v) is 2.62. The molecule has 20 heavy (non-hydrogen) atoms. The zero-order valence-electron chi connectivity index (χ0n) is 11.0. The molecular weight excluding hydrogens is 365 g/mol. The lowest BCUT2D eigenvalue weighted by molar-refractivity contribution is 0.306. The van der Waals surface area contributed by atoms with Gasteiger partial charge in [-0.05, 0) is 23.3 Å². The molecule has 0 heterocycles. The number of halogens is 1. The Bertz CT molecular complexity index is 537. The minimum absolute atomic E-state index is 0. The highest BCUT2D eigenvalue weighted by atomic mass is 127. The van der Waals surface area contributed by atoms with Gasteiger partial charge in [-0.2, -0.15) is 0 Å². The largest absolute Gasteiger partial charge is 0.489 e. The van der Waals surface area contributed by atoms with Crippen molar-refractivity contribution < 1.29 is 4.74 Å². The first kappa shape index (κ1) is 16.3. The van der Waals surface area contributed by atoms with Crippen molar-refractivity contribution in [2.75, 3.05) is 0 Å². The molecule has 0 amide bonds. The Labute approximate surface area is 135 Å². The van der Waals surface area contributed by atoms with Gasteiger partial charge >= 0.3 is 0 Å². The highest BCUT2D eigenvalue weighted by molar-refractivity contribution is 14.0. The summed E-state index contributed by atoms with van der Waals surface area (Å²) in [6.07, 6.45) is 0. The van der Waals surface area contributed by atoms with Gasteiger partial charge in [0, 0.05) is 0 Å². The van der Waals surface area contributed by atoms with Crippen LogP contribution in [-0.2, 0) is 13.2 Å². The van der Waals surface area contributed by atoms with E-state index in [1.165, 1.54) is 0 Å². The number of nitrogens with two attached hydrogens (primary N) is 2. The van der Waals surface area contributed by atoms with Crippen LogP contribution in [0.25, 0.3) is 0 Å². The smallest absolute Gasteiger partial charge is 0.186 e. The topological polar surface area (TPSA) is 73.6 Å². The minimum Gasteiger partial charge on any atom is -0.489 e. The van der Waals surface area contributed by atoms with Gasteiger partial charge in [0.15, 0.2) is 5.96 Å². The second-order valence-corrected chi connectivity index (χ2v) is 4.16. The number of guanidine groups is 1. The van der Waals surface area contributed by atoms with Crippen LogP contribution >= 0.6 is 24.0 Å². The second kappa shape index (κ2) is 8.42. The number of aliphatic imine (C=N–C) groups is 1. The fourth-order valence-corrected chi connectivity index (χ4v) is 1.61. The van der Waals surface area contributed by atoms with Crippen molar-refractivity contribution in [2.45, 2.75) is 13.2 Å². The molecular formula is C15H18IN3O. The first-order valence-corrected chi connectivity index (χ1v) is 6.05. The van der Waals surface area contributed by atoms with E-state index in [1.54, 1.807) is 0 Å². The SMILES string of the molecule is I.NC(N)=NCc1ccc(OCc2ccccc2)cc1. The number of ether oxygens (including phenoxy) is 1. The van der Waals surface area contributed by atoms with Gasteiger partial charge < -0.3 is 16.2 Å². The van der Waals surface area contributed by atoms with Gasteiger partial charge in [-0.3, -0.25) is 0 Å². The van der Waals surface area contributed by atoms with Crippen molar-refractivity contribution >= 4 is 29.9 Å². The summed E-state index contributed by atoms with van der Waals surface area (Å²) in [4.78, 5) is 3.95. The van der Waals surface area contributed by atoms with Crippen molar-refractivity contribution in [2.24, 2.45) is 16.5 Å². The molecule has 2 aromatic rings. The Morgan fingerprint density at radius 1 is 0.900 bits per heavy atom. The van der Waals surface area contributed by atoms with Gasteiger partial charge in [0.1, 0.15) is 12.4 Å². The number of hydrogen-bond donors (Lipinski definition) is 2. The molecule has 0 radical (unpaired) electrons. The molecule has 4 N–H and O–H groups in total. The summed E-state index contributed by atoms with van der Waals surface area (Å²) < 4.78 is 5.69. The van der Waals surface area contributed by atoms with Gasteiger partial charge in [-0.15, -0.1) is 24.0 Å². The summed E-state index contributed by atoms with van der Waals surface area (Å²) in [6, 6.07) is 17.8. The predicted molar refractivity (Wildman–Crippen MR) is 92.1 cm³/mol. The van der Waals surface area contributed by atoms with E-state index in [1.807, 2.05) is 54.6 Å². The van der Waals surface area contributed by atoms with E-state index in [0.29, 0.717) is 13.2 Å². The van der Waals surface area contributed by atoms with Crippen LogP contribution in [0.4, 0.5) is 0 Å². The van der Waals surface area contributed by atoms with Gasteiger partial charge in [0.25, 0.3) is 0 Å². The van der Waals surface area contributed by atoms with E-state index in [-0.39, 0.29) is 29.9 Å². The average molecular weight is 383 g/mol. The fraction of sp³-hybridized carbons (Fsp3) is 0.133. The zero-order chi connectivity index (χ0) is 13.5. The highest BCUT2D eigenvalue weighted by Crippen LogP contribution is 2.14. The third-order valence-electron chi connectivity index (χ3n) is 2.62. The summed E-state index contributed by atoms with van der Waals surface area (Å²) in [5.74, 6) is 0.932. The monoisotopic (exact) mass is 383 g/mol. The average Bonchev–Trinajstić information content (AvgIpc) is 2.45. The Morgan fingerprint density at radius 2 is 1.55 bits per heavy atom. The number of rotatable bonds is 5. The van der Waals surface area contributed by atoms with Gasteiger partial charge in [0.05, 0.1) is 6.54 Å². The summed E-state index contributed by atoms with van der Waals surface area (Å²) >= 11 is 0. The van der Waals surface area contributed by atoms with Crippen LogP contribution < -0.4 is 16.2 Å². The quantitative estimate of drug-likeness (QED) is 0.474. The van der Waals surface area contributed by atoms with Crippen LogP contribution in [0, 0.1) is 0 Å². The molecule has 0 saturated heterocycles. The van der Waals surface area contributed by atoms with Crippen LogP contribution in [0.1, 0.15) is 11.1 Å². The van der Waals surface area contributed by atoms with E-state index in [0.717, 1.165) is 16.9 Å². The molecule has 0 aliphatic rings. The Hall–Kier alpha value is -1.76. The molecule has 5 heteroatoms. The van der Waals surface area contributed by atoms with Crippen LogP contribution in [0.5, 0.6) is 5.75 Å². The van der Waals surface area contributed by atoms with Crippen molar-refractivity contribution in [3.8, 4) is 5.75 Å². The molecule has 2 aromatic carbocycles. The lowest BCUT2D eigenvalue weighted by atomic mass is 10.2. The molecule has 0 bridgehead atoms. The lowest BCUT2D eigenvalue weighted by Crippen LogP contribution is -2.22. The maximum atomic E-state index is 5.69. The third kappa shape index (κ3) is 5.48. The maximum absolute atomic E-state index is 5.69. The Morgan fingerprint density at radius 3 is 2.15 bits per heavy atom. The van der Waals surface area contributed by atoms with Gasteiger partial charge in [-0.25, -0.2) is 4.99 Å². The second-order valence-electron chi connectivity index (χ2n) is 4.16. The molecule has 4 nitrogen and oxygen atoms in total. The van der Waals surface area contributed by atoms with Crippen LogP contribution in [-0.4, -0.2) is 5.96 Å². The standard InChI is InChI=1S/C15H17N3O.HI/c16-15(17)18-10-12-6-8-14(9-7-12)19-11-13-4-2-1-3-5-13;/h1-9H,10-11H2,(H4,16,17,18);1H. The molecule has 0 aliphatic heterocycles. The summed E-state index contributed by atoms with van der Waals surface area (Å²) in [5.41, 5.74) is 12.8. The fourth-order valence-electron chi connectivity index (χ4n) is 1.61. The molecule has 2 rings (SSSR count). The minimum atomic E-state index is 0. The molecule has 106 valence electrons. The Balaban J connectivity index is 0.00000200. The highest BCUT2D eigenvalue weighted by Gasteiger charge is 1.96. The van der Waals surface area contributed by atoms with E-state index in [4.69, 9.17) is 16.2 Å². The molecule has 0 fully saturated rings. The van der Waals surface area contributed by atoms with E-state index < -0.39 is 0 Å². The summed E-state index contributed by atoms with van der Waals surface area (Å²) in [5, 5.41) is 0. The predicted octanol–water partition coefficient (Wildman–Crippen LogP) is 2.66. The number of nitrogens with zero attached hydrogens (tertiary/aromatic N) is 1. The molecule has 0 saturated carbocycles. The number of hydrogen-bond acceptors (Lipinski definition) is 2. The van der Waals surface area contributed by atoms with E-state index in [9.17, 15) is 0 Å². The normalized spacial score (nSPS) is 9.40. The van der Waals surface area contributed by atoms with Crippen molar-refractivity contribution in [1.29, 1.82) is 0 Å². The lowest BCUT2D eigenvalue weighted by Gasteiger charge is -2.06. The maximum Gasteiger partial charge on any atom is 0.186 e. The van der Waals surface area contributed by atoms with Crippen molar-refractivity contribution in [3.05, 3.63) is 65.7 Å². The number of benzene rings is 2. The Kier molecular flexibility index (Phi) is 6.86. The van der Waals surface area contributed by atoms with Crippen molar-refractivity contribution in [3.63, 3.8) is 0 Å². The first-order valence-electron chi connectivity index (χ1n) is 6.05. The van der Waals surface area contributed by atoms with Crippen molar-refractivity contribution in [1.82, 2.24) is 0 Å². The van der Waals surface area contributed by atoms with Crippen LogP contribution in [0.15, 0.2) is 59.6 Å². The van der Waals surface area contributed by atoms with Crippen LogP contribution in [0.2, 0.25) is 0 Å². The summed E-state index contributed by atoms with van der Waals surface area (Å²) in [7, 11) is 0. The van der Waals surface area contributed by atoms with Crippen LogP contribution in [0.3, 0.4) is 0 Å². The van der Waals surface area contributed by atoms with Gasteiger partial charge in [-0.1, -0.05) is 42.5 Å². The molecule has 0 spiro atoms. The molecule has 0 aromatic heterocycles.